The third-order valence-electron chi connectivity index (χ3n) is 3.94. The summed E-state index contributed by atoms with van der Waals surface area (Å²) in [5.74, 6) is 0.0923. The van der Waals surface area contributed by atoms with Gasteiger partial charge < -0.3 is 10.6 Å². The van der Waals surface area contributed by atoms with Gasteiger partial charge in [-0.05, 0) is 23.8 Å². The Labute approximate surface area is 145 Å². The van der Waals surface area contributed by atoms with Gasteiger partial charge in [-0.3, -0.25) is 4.79 Å². The van der Waals surface area contributed by atoms with E-state index in [0.717, 1.165) is 11.1 Å². The number of hydrogen-bond donors (Lipinski definition) is 1. The SMILES string of the molecule is Nc1ncc(-c2cccc(C(=O)N3CCS(=O)(=O)CC3)c2)cc1Cl. The summed E-state index contributed by atoms with van der Waals surface area (Å²) in [5.41, 5.74) is 7.66. The lowest BCUT2D eigenvalue weighted by Gasteiger charge is -2.26. The number of nitrogen functional groups attached to an aromatic ring is 1. The van der Waals surface area contributed by atoms with Crippen LogP contribution in [0.3, 0.4) is 0 Å². The van der Waals surface area contributed by atoms with Crippen molar-refractivity contribution in [1.82, 2.24) is 9.88 Å². The molecular formula is C16H16ClN3O3S. The first-order valence-electron chi connectivity index (χ1n) is 7.37. The summed E-state index contributed by atoms with van der Waals surface area (Å²) in [4.78, 5) is 18.2. The fourth-order valence-corrected chi connectivity index (χ4v) is 3.90. The molecule has 1 aromatic heterocycles. The number of carbonyl (C=O) groups excluding carboxylic acids is 1. The first-order valence-corrected chi connectivity index (χ1v) is 9.57. The Morgan fingerprint density at radius 2 is 1.88 bits per heavy atom. The molecule has 1 aliphatic heterocycles. The van der Waals surface area contributed by atoms with Crippen LogP contribution in [0.2, 0.25) is 5.02 Å². The Morgan fingerprint density at radius 3 is 2.54 bits per heavy atom. The van der Waals surface area contributed by atoms with Crippen LogP contribution < -0.4 is 5.73 Å². The number of pyridine rings is 1. The van der Waals surface area contributed by atoms with E-state index in [-0.39, 0.29) is 36.3 Å². The number of hydrogen-bond acceptors (Lipinski definition) is 5. The average molecular weight is 366 g/mol. The van der Waals surface area contributed by atoms with Gasteiger partial charge in [0, 0.05) is 30.4 Å². The number of nitrogens with zero attached hydrogens (tertiary/aromatic N) is 2. The predicted molar refractivity (Wildman–Crippen MR) is 93.7 cm³/mol. The zero-order valence-electron chi connectivity index (χ0n) is 12.8. The third kappa shape index (κ3) is 3.52. The molecule has 1 fully saturated rings. The standard InChI is InChI=1S/C16H16ClN3O3S/c17-14-9-13(10-19-15(14)18)11-2-1-3-12(8-11)16(21)20-4-6-24(22,23)7-5-20/h1-3,8-10H,4-7H2,(H2,18,19). The van der Waals surface area contributed by atoms with Crippen LogP contribution in [0, 0.1) is 0 Å². The van der Waals surface area contributed by atoms with Gasteiger partial charge in [0.15, 0.2) is 9.84 Å². The molecule has 0 saturated carbocycles. The second kappa shape index (κ2) is 6.41. The minimum atomic E-state index is -3.02. The minimum Gasteiger partial charge on any atom is -0.382 e. The van der Waals surface area contributed by atoms with E-state index in [0.29, 0.717) is 10.6 Å². The van der Waals surface area contributed by atoms with Crippen LogP contribution in [0.1, 0.15) is 10.4 Å². The molecule has 0 radical (unpaired) electrons. The van der Waals surface area contributed by atoms with Crippen LogP contribution in [0.25, 0.3) is 11.1 Å². The number of anilines is 1. The normalized spacial score (nSPS) is 16.8. The van der Waals surface area contributed by atoms with Crippen LogP contribution in [-0.2, 0) is 9.84 Å². The molecule has 8 heteroatoms. The number of sulfone groups is 1. The van der Waals surface area contributed by atoms with Gasteiger partial charge in [-0.2, -0.15) is 0 Å². The predicted octanol–water partition coefficient (Wildman–Crippen LogP) is 1.85. The molecule has 0 atom stereocenters. The van der Waals surface area contributed by atoms with Gasteiger partial charge in [-0.25, -0.2) is 13.4 Å². The summed E-state index contributed by atoms with van der Waals surface area (Å²) >= 11 is 5.99. The van der Waals surface area contributed by atoms with Gasteiger partial charge in [0.25, 0.3) is 5.91 Å². The van der Waals surface area contributed by atoms with Crippen molar-refractivity contribution in [2.45, 2.75) is 0 Å². The quantitative estimate of drug-likeness (QED) is 0.876. The van der Waals surface area contributed by atoms with Crippen LogP contribution in [-0.4, -0.2) is 48.8 Å². The maximum absolute atomic E-state index is 12.6. The van der Waals surface area contributed by atoms with E-state index in [1.807, 2.05) is 6.07 Å². The van der Waals surface area contributed by atoms with Crippen LogP contribution >= 0.6 is 11.6 Å². The molecule has 1 aromatic carbocycles. The number of aromatic nitrogens is 1. The Balaban J connectivity index is 1.85. The molecule has 0 bridgehead atoms. The topological polar surface area (TPSA) is 93.4 Å². The average Bonchev–Trinajstić information content (AvgIpc) is 2.57. The first-order chi connectivity index (χ1) is 11.4. The second-order valence-corrected chi connectivity index (χ2v) is 8.33. The van der Waals surface area contributed by atoms with Gasteiger partial charge in [0.1, 0.15) is 5.82 Å². The lowest BCUT2D eigenvalue weighted by Crippen LogP contribution is -2.43. The largest absolute Gasteiger partial charge is 0.382 e. The van der Waals surface area contributed by atoms with E-state index < -0.39 is 9.84 Å². The molecule has 126 valence electrons. The van der Waals surface area contributed by atoms with Gasteiger partial charge in [-0.1, -0.05) is 23.7 Å². The Morgan fingerprint density at radius 1 is 1.17 bits per heavy atom. The van der Waals surface area contributed by atoms with Gasteiger partial charge in [0.05, 0.1) is 16.5 Å². The molecule has 1 aliphatic rings. The van der Waals surface area contributed by atoms with E-state index in [1.165, 1.54) is 0 Å². The van der Waals surface area contributed by atoms with Crippen LogP contribution in [0.4, 0.5) is 5.82 Å². The minimum absolute atomic E-state index is 0.00984. The molecule has 3 rings (SSSR count). The summed E-state index contributed by atoms with van der Waals surface area (Å²) in [5, 5.41) is 0.352. The molecule has 6 nitrogen and oxygen atoms in total. The van der Waals surface area contributed by atoms with E-state index in [1.54, 1.807) is 35.4 Å². The fourth-order valence-electron chi connectivity index (χ4n) is 2.54. The fraction of sp³-hybridized carbons (Fsp3) is 0.250. The number of amides is 1. The second-order valence-electron chi connectivity index (χ2n) is 5.62. The lowest BCUT2D eigenvalue weighted by atomic mass is 10.0. The first kappa shape index (κ1) is 16.7. The van der Waals surface area contributed by atoms with Crippen molar-refractivity contribution in [1.29, 1.82) is 0 Å². The van der Waals surface area contributed by atoms with E-state index >= 15 is 0 Å². The van der Waals surface area contributed by atoms with Gasteiger partial charge in [-0.15, -0.1) is 0 Å². The molecule has 2 aromatic rings. The van der Waals surface area contributed by atoms with Crippen molar-refractivity contribution in [2.24, 2.45) is 0 Å². The zero-order chi connectivity index (χ0) is 17.3. The molecular weight excluding hydrogens is 350 g/mol. The maximum atomic E-state index is 12.6. The molecule has 1 saturated heterocycles. The summed E-state index contributed by atoms with van der Waals surface area (Å²) < 4.78 is 23.0. The van der Waals surface area contributed by atoms with Crippen LogP contribution in [0.5, 0.6) is 0 Å². The van der Waals surface area contributed by atoms with Crippen molar-refractivity contribution in [2.75, 3.05) is 30.3 Å². The third-order valence-corrected chi connectivity index (χ3v) is 5.86. The molecule has 24 heavy (non-hydrogen) atoms. The van der Waals surface area contributed by atoms with Crippen molar-refractivity contribution < 1.29 is 13.2 Å². The van der Waals surface area contributed by atoms with Crippen molar-refractivity contribution >= 4 is 33.2 Å². The number of nitrogens with two attached hydrogens (primary N) is 1. The van der Waals surface area contributed by atoms with Crippen molar-refractivity contribution in [3.05, 3.63) is 47.1 Å². The van der Waals surface area contributed by atoms with Crippen LogP contribution in [0.15, 0.2) is 36.5 Å². The molecule has 2 N–H and O–H groups in total. The summed E-state index contributed by atoms with van der Waals surface area (Å²) in [7, 11) is -3.02. The number of rotatable bonds is 2. The highest BCUT2D eigenvalue weighted by Crippen LogP contribution is 2.26. The lowest BCUT2D eigenvalue weighted by molar-refractivity contribution is 0.0770. The molecule has 1 amide bonds. The summed E-state index contributed by atoms with van der Waals surface area (Å²) in [6.07, 6.45) is 1.60. The van der Waals surface area contributed by atoms with Crippen molar-refractivity contribution in [3.8, 4) is 11.1 Å². The number of halogens is 1. The Kier molecular flexibility index (Phi) is 4.47. The van der Waals surface area contributed by atoms with Crippen molar-refractivity contribution in [3.63, 3.8) is 0 Å². The number of benzene rings is 1. The number of carbonyl (C=O) groups is 1. The van der Waals surface area contributed by atoms with E-state index in [2.05, 4.69) is 4.98 Å². The Bertz CT molecular complexity index is 885. The highest BCUT2D eigenvalue weighted by Gasteiger charge is 2.25. The maximum Gasteiger partial charge on any atom is 0.253 e. The van der Waals surface area contributed by atoms with Gasteiger partial charge in [0.2, 0.25) is 0 Å². The smallest absolute Gasteiger partial charge is 0.253 e. The molecule has 0 unspecified atom stereocenters. The van der Waals surface area contributed by atoms with E-state index in [4.69, 9.17) is 17.3 Å². The molecule has 0 aliphatic carbocycles. The highest BCUT2D eigenvalue weighted by molar-refractivity contribution is 7.91. The summed E-state index contributed by atoms with van der Waals surface area (Å²) in [6.45, 7) is 0.446. The monoisotopic (exact) mass is 365 g/mol. The molecule has 0 spiro atoms. The van der Waals surface area contributed by atoms with Gasteiger partial charge >= 0.3 is 0 Å². The molecule has 2 heterocycles. The Hall–Kier alpha value is -2.12. The van der Waals surface area contributed by atoms with E-state index in [9.17, 15) is 13.2 Å². The zero-order valence-corrected chi connectivity index (χ0v) is 14.3. The highest BCUT2D eigenvalue weighted by atomic mass is 35.5. The summed E-state index contributed by atoms with van der Waals surface area (Å²) in [6, 6.07) is 8.77.